The fraction of sp³-hybridized carbons (Fsp3) is 0.417. The molecule has 21 heavy (non-hydrogen) atoms. The van der Waals surface area contributed by atoms with Crippen molar-refractivity contribution in [3.63, 3.8) is 0 Å². The van der Waals surface area contributed by atoms with Crippen LogP contribution in [0, 0.1) is 5.41 Å². The van der Waals surface area contributed by atoms with Crippen LogP contribution >= 0.6 is 11.6 Å². The number of rotatable bonds is 1. The summed E-state index contributed by atoms with van der Waals surface area (Å²) < 4.78 is 39.3. The second-order valence-corrected chi connectivity index (χ2v) is 5.79. The maximum absolute atomic E-state index is 13.0. The minimum Gasteiger partial charge on any atom is -0.334 e. The van der Waals surface area contributed by atoms with E-state index < -0.39 is 23.4 Å². The number of imidazole rings is 1. The van der Waals surface area contributed by atoms with Crippen LogP contribution in [0.4, 0.5) is 13.2 Å². The molecule has 0 amide bonds. The van der Waals surface area contributed by atoms with E-state index in [1.165, 1.54) is 26.8 Å². The number of carbonyl (C=O) groups is 1. The third-order valence-electron chi connectivity index (χ3n) is 2.48. The van der Waals surface area contributed by atoms with Crippen molar-refractivity contribution in [1.82, 2.24) is 14.7 Å². The Morgan fingerprint density at radius 1 is 1.33 bits per heavy atom. The molecule has 0 N–H and O–H groups in total. The molecule has 0 aliphatic heterocycles. The van der Waals surface area contributed by atoms with Crippen LogP contribution in [0.1, 0.15) is 26.6 Å². The van der Waals surface area contributed by atoms with Gasteiger partial charge >= 0.3 is 12.1 Å². The molecule has 0 spiro atoms. The van der Waals surface area contributed by atoms with Gasteiger partial charge in [0, 0.05) is 6.20 Å². The van der Waals surface area contributed by atoms with Gasteiger partial charge in [-0.2, -0.15) is 13.2 Å². The van der Waals surface area contributed by atoms with E-state index in [9.17, 15) is 18.0 Å². The summed E-state index contributed by atoms with van der Waals surface area (Å²) in [6, 6.07) is 1.20. The molecule has 0 fully saturated rings. The number of nitrogens with zero attached hydrogens (tertiary/aromatic N) is 3. The first-order valence-corrected chi connectivity index (χ1v) is 6.22. The summed E-state index contributed by atoms with van der Waals surface area (Å²) in [5.74, 6) is -2.21. The fourth-order valence-corrected chi connectivity index (χ4v) is 1.56. The Balaban J connectivity index is 2.63. The van der Waals surface area contributed by atoms with E-state index in [0.29, 0.717) is 4.73 Å². The van der Waals surface area contributed by atoms with Gasteiger partial charge in [-0.25, -0.2) is 14.8 Å². The van der Waals surface area contributed by atoms with Crippen LogP contribution in [0.2, 0.25) is 5.02 Å². The number of hydrogen-bond acceptors (Lipinski definition) is 4. The lowest BCUT2D eigenvalue weighted by Gasteiger charge is -2.18. The summed E-state index contributed by atoms with van der Waals surface area (Å²) >= 11 is 5.72. The molecule has 114 valence electrons. The van der Waals surface area contributed by atoms with Crippen LogP contribution in [-0.2, 0) is 11.0 Å². The zero-order valence-electron chi connectivity index (χ0n) is 11.3. The number of fused-ring (bicyclic) bond motifs is 1. The van der Waals surface area contributed by atoms with Crippen molar-refractivity contribution >= 4 is 28.7 Å². The molecule has 0 saturated heterocycles. The number of pyridine rings is 1. The van der Waals surface area contributed by atoms with E-state index in [1.54, 1.807) is 0 Å². The summed E-state index contributed by atoms with van der Waals surface area (Å²) in [7, 11) is 0. The molecule has 2 rings (SSSR count). The lowest BCUT2D eigenvalue weighted by Crippen LogP contribution is -2.33. The maximum Gasteiger partial charge on any atom is 0.453 e. The molecule has 2 aromatic rings. The van der Waals surface area contributed by atoms with Crippen LogP contribution in [0.15, 0.2) is 12.3 Å². The van der Waals surface area contributed by atoms with E-state index in [-0.39, 0.29) is 16.2 Å². The van der Waals surface area contributed by atoms with E-state index in [1.807, 2.05) is 0 Å². The molecule has 0 aliphatic rings. The zero-order chi connectivity index (χ0) is 16.0. The highest BCUT2D eigenvalue weighted by Gasteiger charge is 2.40. The van der Waals surface area contributed by atoms with Gasteiger partial charge in [0.1, 0.15) is 5.52 Å². The first-order chi connectivity index (χ1) is 9.50. The Morgan fingerprint density at radius 2 is 1.95 bits per heavy atom. The van der Waals surface area contributed by atoms with E-state index in [2.05, 4.69) is 9.97 Å². The van der Waals surface area contributed by atoms with Gasteiger partial charge in [0.25, 0.3) is 5.82 Å². The molecule has 0 atom stereocenters. The summed E-state index contributed by atoms with van der Waals surface area (Å²) in [6.45, 7) is 4.56. The molecule has 2 heterocycles. The van der Waals surface area contributed by atoms with E-state index in [0.717, 1.165) is 6.20 Å². The third-order valence-corrected chi connectivity index (χ3v) is 2.68. The third kappa shape index (κ3) is 3.10. The van der Waals surface area contributed by atoms with E-state index in [4.69, 9.17) is 16.4 Å². The molecule has 0 unspecified atom stereocenters. The smallest absolute Gasteiger partial charge is 0.334 e. The van der Waals surface area contributed by atoms with Gasteiger partial charge in [0.15, 0.2) is 5.65 Å². The van der Waals surface area contributed by atoms with Crippen molar-refractivity contribution in [2.45, 2.75) is 26.9 Å². The Labute approximate surface area is 122 Å². The minimum atomic E-state index is -4.80. The average molecular weight is 322 g/mol. The maximum atomic E-state index is 13.0. The van der Waals surface area contributed by atoms with Gasteiger partial charge in [-0.05, 0) is 26.8 Å². The van der Waals surface area contributed by atoms with Gasteiger partial charge in [0.05, 0.1) is 10.4 Å². The van der Waals surface area contributed by atoms with Crippen molar-refractivity contribution in [3.05, 3.63) is 23.1 Å². The van der Waals surface area contributed by atoms with Crippen molar-refractivity contribution in [3.8, 4) is 0 Å². The fourth-order valence-electron chi connectivity index (χ4n) is 1.41. The van der Waals surface area contributed by atoms with Gasteiger partial charge in [-0.3, -0.25) is 0 Å². The van der Waals surface area contributed by atoms with Crippen LogP contribution in [0.25, 0.3) is 11.2 Å². The minimum absolute atomic E-state index is 0.101. The molecule has 9 heteroatoms. The van der Waals surface area contributed by atoms with Gasteiger partial charge in [-0.15, -0.1) is 4.73 Å². The monoisotopic (exact) mass is 321 g/mol. The molecule has 0 bridgehead atoms. The predicted molar refractivity (Wildman–Crippen MR) is 68.6 cm³/mol. The molecule has 5 nitrogen and oxygen atoms in total. The van der Waals surface area contributed by atoms with Crippen LogP contribution in [0.5, 0.6) is 0 Å². The average Bonchev–Trinajstić information content (AvgIpc) is 2.66. The Bertz CT molecular complexity index is 704. The number of halogens is 4. The molecule has 0 aliphatic carbocycles. The molecule has 0 aromatic carbocycles. The summed E-state index contributed by atoms with van der Waals surface area (Å²) in [5.41, 5.74) is -1.33. The Kier molecular flexibility index (Phi) is 3.61. The number of aromatic nitrogens is 3. The highest BCUT2D eigenvalue weighted by atomic mass is 35.5. The standard InChI is InChI=1S/C12H11ClF3N3O2/c1-11(2,3)10(20)21-19-7-4-6(13)5-17-8(7)18-9(19)12(14,15)16/h4-5H,1-3H3. The van der Waals surface area contributed by atoms with Crippen molar-refractivity contribution < 1.29 is 22.8 Å². The lowest BCUT2D eigenvalue weighted by atomic mass is 9.98. The molecule has 2 aromatic heterocycles. The molecule has 0 radical (unpaired) electrons. The highest BCUT2D eigenvalue weighted by Crippen LogP contribution is 2.31. The van der Waals surface area contributed by atoms with Gasteiger partial charge < -0.3 is 4.84 Å². The first kappa shape index (κ1) is 15.6. The lowest BCUT2D eigenvalue weighted by molar-refractivity contribution is -0.167. The van der Waals surface area contributed by atoms with Crippen molar-refractivity contribution in [1.29, 1.82) is 0 Å². The van der Waals surface area contributed by atoms with E-state index >= 15 is 0 Å². The van der Waals surface area contributed by atoms with Gasteiger partial charge in [0.2, 0.25) is 0 Å². The largest absolute Gasteiger partial charge is 0.453 e. The second kappa shape index (κ2) is 4.87. The van der Waals surface area contributed by atoms with Crippen molar-refractivity contribution in [2.75, 3.05) is 0 Å². The molecular formula is C12H11ClF3N3O2. The van der Waals surface area contributed by atoms with Crippen LogP contribution in [0.3, 0.4) is 0 Å². The number of alkyl halides is 3. The Morgan fingerprint density at radius 3 is 2.48 bits per heavy atom. The normalized spacial score (nSPS) is 12.7. The summed E-state index contributed by atoms with van der Waals surface area (Å²) in [6.07, 6.45) is -3.64. The van der Waals surface area contributed by atoms with Crippen LogP contribution in [-0.4, -0.2) is 20.7 Å². The summed E-state index contributed by atoms with van der Waals surface area (Å²) in [4.78, 5) is 23.7. The SMILES string of the molecule is CC(C)(C)C(=O)On1c(C(F)(F)F)nc2ncc(Cl)cc21. The van der Waals surface area contributed by atoms with Gasteiger partial charge in [-0.1, -0.05) is 11.6 Å². The number of carbonyl (C=O) groups excluding carboxylic acids is 1. The van der Waals surface area contributed by atoms with Crippen molar-refractivity contribution in [2.24, 2.45) is 5.41 Å². The second-order valence-electron chi connectivity index (χ2n) is 5.35. The first-order valence-electron chi connectivity index (χ1n) is 5.84. The highest BCUT2D eigenvalue weighted by molar-refractivity contribution is 6.31. The topological polar surface area (TPSA) is 57.0 Å². The zero-order valence-corrected chi connectivity index (χ0v) is 12.1. The Hall–Kier alpha value is -1.83. The predicted octanol–water partition coefficient (Wildman–Crippen LogP) is 3.10. The quantitative estimate of drug-likeness (QED) is 0.810. The molecule has 0 saturated carbocycles. The number of hydrogen-bond donors (Lipinski definition) is 0. The van der Waals surface area contributed by atoms with Crippen LogP contribution < -0.4 is 4.84 Å². The molecular weight excluding hydrogens is 311 g/mol. The summed E-state index contributed by atoms with van der Waals surface area (Å²) in [5, 5.41) is 0.101.